The number of carbonyl (C=O) groups is 2. The summed E-state index contributed by atoms with van der Waals surface area (Å²) in [5.41, 5.74) is 0. The predicted octanol–water partition coefficient (Wildman–Crippen LogP) is -0.0901. The Balaban J connectivity index is 2.72. The van der Waals surface area contributed by atoms with E-state index in [0.717, 1.165) is 0 Å². The van der Waals surface area contributed by atoms with Crippen LogP contribution in [0.3, 0.4) is 0 Å². The normalized spacial score (nSPS) is 9.28. The highest BCUT2D eigenvalue weighted by Gasteiger charge is 2.15. The van der Waals surface area contributed by atoms with Crippen molar-refractivity contribution < 1.29 is 14.7 Å². The lowest BCUT2D eigenvalue weighted by molar-refractivity contribution is -0.121. The van der Waals surface area contributed by atoms with E-state index in [4.69, 9.17) is 5.11 Å². The first-order valence-corrected chi connectivity index (χ1v) is 6.05. The van der Waals surface area contributed by atoms with Crippen molar-refractivity contribution in [3.63, 3.8) is 0 Å². The molecule has 0 spiro atoms. The minimum Gasteiger partial charge on any atom is -0.384 e. The molecular weight excluding hydrogens is 252 g/mol. The topological polar surface area (TPSA) is 69.6 Å². The second-order valence-corrected chi connectivity index (χ2v) is 4.54. The van der Waals surface area contributed by atoms with Gasteiger partial charge >= 0.3 is 0 Å². The standard InChI is InChI=1S/C12H14N2O3S/c1-13-11(16)8-14(2)12(17)10-6-5-9(18-10)4-3-7-15/h5-6,15H,7-8H2,1-2H3,(H,13,16). The van der Waals surface area contributed by atoms with Crippen molar-refractivity contribution in [3.05, 3.63) is 21.9 Å². The maximum Gasteiger partial charge on any atom is 0.264 e. The molecule has 0 saturated heterocycles. The first kappa shape index (κ1) is 14.2. The van der Waals surface area contributed by atoms with Crippen LogP contribution in [0.1, 0.15) is 14.5 Å². The van der Waals surface area contributed by atoms with Crippen LogP contribution in [0.5, 0.6) is 0 Å². The van der Waals surface area contributed by atoms with Gasteiger partial charge in [-0.15, -0.1) is 11.3 Å². The maximum atomic E-state index is 11.9. The van der Waals surface area contributed by atoms with Crippen LogP contribution in [-0.2, 0) is 4.79 Å². The number of hydrogen-bond donors (Lipinski definition) is 2. The molecule has 6 heteroatoms. The van der Waals surface area contributed by atoms with Crippen molar-refractivity contribution in [2.75, 3.05) is 27.2 Å². The van der Waals surface area contributed by atoms with Crippen LogP contribution >= 0.6 is 11.3 Å². The van der Waals surface area contributed by atoms with Crippen LogP contribution in [0.25, 0.3) is 0 Å². The number of amides is 2. The largest absolute Gasteiger partial charge is 0.384 e. The van der Waals surface area contributed by atoms with E-state index in [1.54, 1.807) is 19.2 Å². The fraction of sp³-hybridized carbons (Fsp3) is 0.333. The summed E-state index contributed by atoms with van der Waals surface area (Å²) < 4.78 is 0. The molecule has 1 aromatic rings. The molecule has 0 radical (unpaired) electrons. The molecule has 0 unspecified atom stereocenters. The Bertz CT molecular complexity index is 499. The van der Waals surface area contributed by atoms with E-state index >= 15 is 0 Å². The van der Waals surface area contributed by atoms with Crippen LogP contribution in [0.4, 0.5) is 0 Å². The lowest BCUT2D eigenvalue weighted by Gasteiger charge is -2.14. The number of nitrogens with one attached hydrogen (secondary N) is 1. The molecule has 2 amide bonds. The highest BCUT2D eigenvalue weighted by atomic mass is 32.1. The Kier molecular flexibility index (Phi) is 5.36. The van der Waals surface area contributed by atoms with Crippen LogP contribution in [0.15, 0.2) is 12.1 Å². The summed E-state index contributed by atoms with van der Waals surface area (Å²) in [4.78, 5) is 25.7. The van der Waals surface area contributed by atoms with Gasteiger partial charge in [0.1, 0.15) is 6.61 Å². The number of aliphatic hydroxyl groups excluding tert-OH is 1. The van der Waals surface area contributed by atoms with E-state index in [2.05, 4.69) is 17.2 Å². The Morgan fingerprint density at radius 3 is 2.83 bits per heavy atom. The fourth-order valence-corrected chi connectivity index (χ4v) is 2.08. The first-order valence-electron chi connectivity index (χ1n) is 5.24. The van der Waals surface area contributed by atoms with E-state index in [1.807, 2.05) is 0 Å². The number of nitrogens with zero attached hydrogens (tertiary/aromatic N) is 1. The van der Waals surface area contributed by atoms with Gasteiger partial charge in [0.2, 0.25) is 5.91 Å². The van der Waals surface area contributed by atoms with E-state index in [0.29, 0.717) is 9.75 Å². The first-order chi connectivity index (χ1) is 8.58. The minimum atomic E-state index is -0.222. The van der Waals surface area contributed by atoms with Crippen LogP contribution in [0.2, 0.25) is 0 Å². The lowest BCUT2D eigenvalue weighted by atomic mass is 10.3. The number of carbonyl (C=O) groups excluding carboxylic acids is 2. The van der Waals surface area contributed by atoms with E-state index < -0.39 is 0 Å². The van der Waals surface area contributed by atoms with E-state index in [-0.39, 0.29) is 25.0 Å². The fourth-order valence-electron chi connectivity index (χ4n) is 1.20. The Labute approximate surface area is 109 Å². The molecule has 0 fully saturated rings. The molecule has 1 heterocycles. The van der Waals surface area contributed by atoms with Crippen molar-refractivity contribution in [1.82, 2.24) is 10.2 Å². The summed E-state index contributed by atoms with van der Waals surface area (Å²) in [5, 5.41) is 11.0. The third-order valence-electron chi connectivity index (χ3n) is 2.11. The molecule has 0 aliphatic heterocycles. The quantitative estimate of drug-likeness (QED) is 0.751. The molecule has 0 aliphatic rings. The van der Waals surface area contributed by atoms with Crippen LogP contribution in [0, 0.1) is 11.8 Å². The summed E-state index contributed by atoms with van der Waals surface area (Å²) in [6.07, 6.45) is 0. The molecule has 18 heavy (non-hydrogen) atoms. The van der Waals surface area contributed by atoms with Gasteiger partial charge in [0.25, 0.3) is 5.91 Å². The Morgan fingerprint density at radius 2 is 2.22 bits per heavy atom. The Morgan fingerprint density at radius 1 is 1.50 bits per heavy atom. The van der Waals surface area contributed by atoms with Gasteiger partial charge in [-0.25, -0.2) is 0 Å². The molecule has 5 nitrogen and oxygen atoms in total. The van der Waals surface area contributed by atoms with Crippen LogP contribution in [-0.4, -0.2) is 49.1 Å². The maximum absolute atomic E-state index is 11.9. The second-order valence-electron chi connectivity index (χ2n) is 3.46. The number of rotatable bonds is 3. The van der Waals surface area contributed by atoms with Gasteiger partial charge in [-0.1, -0.05) is 11.8 Å². The van der Waals surface area contributed by atoms with Crippen molar-refractivity contribution in [2.24, 2.45) is 0 Å². The molecular formula is C12H14N2O3S. The van der Waals surface area contributed by atoms with Gasteiger partial charge < -0.3 is 15.3 Å². The monoisotopic (exact) mass is 266 g/mol. The predicted molar refractivity (Wildman–Crippen MR) is 69.3 cm³/mol. The lowest BCUT2D eigenvalue weighted by Crippen LogP contribution is -2.36. The molecule has 0 saturated carbocycles. The SMILES string of the molecule is CNC(=O)CN(C)C(=O)c1ccc(C#CCO)s1. The number of thiophene rings is 1. The van der Waals surface area contributed by atoms with Gasteiger partial charge in [0.05, 0.1) is 16.3 Å². The number of aliphatic hydroxyl groups is 1. The summed E-state index contributed by atoms with van der Waals surface area (Å²) in [5.74, 6) is 4.80. The summed E-state index contributed by atoms with van der Waals surface area (Å²) >= 11 is 1.24. The minimum absolute atomic E-state index is 0.0187. The van der Waals surface area contributed by atoms with Crippen molar-refractivity contribution in [2.45, 2.75) is 0 Å². The van der Waals surface area contributed by atoms with Gasteiger partial charge in [0, 0.05) is 14.1 Å². The van der Waals surface area contributed by atoms with Crippen molar-refractivity contribution in [1.29, 1.82) is 0 Å². The molecule has 1 rings (SSSR count). The third-order valence-corrected chi connectivity index (χ3v) is 3.10. The molecule has 0 atom stereocenters. The van der Waals surface area contributed by atoms with Gasteiger partial charge in [0.15, 0.2) is 0 Å². The highest BCUT2D eigenvalue weighted by Crippen LogP contribution is 2.16. The van der Waals surface area contributed by atoms with Gasteiger partial charge in [-0.05, 0) is 12.1 Å². The van der Waals surface area contributed by atoms with Gasteiger partial charge in [-0.3, -0.25) is 9.59 Å². The Hall–Kier alpha value is -1.84. The summed E-state index contributed by atoms with van der Waals surface area (Å²) in [7, 11) is 3.09. The van der Waals surface area contributed by atoms with Crippen molar-refractivity contribution >= 4 is 23.2 Å². The van der Waals surface area contributed by atoms with Crippen molar-refractivity contribution in [3.8, 4) is 11.8 Å². The molecule has 2 N–H and O–H groups in total. The molecule has 1 aromatic heterocycles. The average molecular weight is 266 g/mol. The molecule has 0 aliphatic carbocycles. The summed E-state index contributed by atoms with van der Waals surface area (Å²) in [6, 6.07) is 3.38. The third kappa shape index (κ3) is 3.87. The molecule has 96 valence electrons. The smallest absolute Gasteiger partial charge is 0.264 e. The number of likely N-dealkylation sites (N-methyl/N-ethyl adjacent to an activating group) is 2. The average Bonchev–Trinajstić information content (AvgIpc) is 2.83. The van der Waals surface area contributed by atoms with Gasteiger partial charge in [-0.2, -0.15) is 0 Å². The van der Waals surface area contributed by atoms with Crippen LogP contribution < -0.4 is 5.32 Å². The zero-order valence-electron chi connectivity index (χ0n) is 10.2. The number of hydrogen-bond acceptors (Lipinski definition) is 4. The van der Waals surface area contributed by atoms with E-state index in [9.17, 15) is 9.59 Å². The molecule has 0 bridgehead atoms. The zero-order valence-corrected chi connectivity index (χ0v) is 11.0. The zero-order chi connectivity index (χ0) is 13.5. The second kappa shape index (κ2) is 6.79. The molecule has 0 aromatic carbocycles. The van der Waals surface area contributed by atoms with E-state index in [1.165, 1.54) is 23.3 Å². The highest BCUT2D eigenvalue weighted by molar-refractivity contribution is 7.14. The summed E-state index contributed by atoms with van der Waals surface area (Å²) in [6.45, 7) is -0.192.